The molecule has 1 aliphatic rings. The van der Waals surface area contributed by atoms with Gasteiger partial charge in [0.2, 0.25) is 0 Å². The minimum Gasteiger partial charge on any atom is -0.370 e. The number of hydrogen-bond donors (Lipinski definition) is 1. The highest BCUT2D eigenvalue weighted by molar-refractivity contribution is 5.90. The summed E-state index contributed by atoms with van der Waals surface area (Å²) < 4.78 is 5.80. The lowest BCUT2D eigenvalue weighted by Gasteiger charge is -2.37. The molecule has 3 rings (SSSR count). The maximum Gasteiger partial charge on any atom is 0.0950 e. The van der Waals surface area contributed by atoms with Crippen molar-refractivity contribution < 1.29 is 4.74 Å². The summed E-state index contributed by atoms with van der Waals surface area (Å²) in [6.07, 6.45) is 2.08. The number of nitrogens with two attached hydrogens (primary N) is 1. The smallest absolute Gasteiger partial charge is 0.0950 e. The molecule has 100 valence electrons. The van der Waals surface area contributed by atoms with E-state index in [1.54, 1.807) is 0 Å². The molecule has 1 aromatic carbocycles. The lowest BCUT2D eigenvalue weighted by atomic mass is 10.1. The van der Waals surface area contributed by atoms with E-state index < -0.39 is 0 Å². The molecular formula is C14H18N4O. The Morgan fingerprint density at radius 1 is 1.37 bits per heavy atom. The van der Waals surface area contributed by atoms with Crippen molar-refractivity contribution in [3.05, 3.63) is 30.5 Å². The van der Waals surface area contributed by atoms with Crippen LogP contribution >= 0.6 is 0 Å². The zero-order valence-electron chi connectivity index (χ0n) is 11.0. The number of anilines is 1. The second-order valence-corrected chi connectivity index (χ2v) is 4.96. The van der Waals surface area contributed by atoms with E-state index in [4.69, 9.17) is 10.5 Å². The van der Waals surface area contributed by atoms with Crippen molar-refractivity contribution in [3.63, 3.8) is 0 Å². The van der Waals surface area contributed by atoms with Crippen LogP contribution in [-0.2, 0) is 4.74 Å². The van der Waals surface area contributed by atoms with Crippen LogP contribution in [0.5, 0.6) is 0 Å². The van der Waals surface area contributed by atoms with Gasteiger partial charge in [0.15, 0.2) is 0 Å². The molecule has 1 aliphatic heterocycles. The van der Waals surface area contributed by atoms with Crippen molar-refractivity contribution in [2.24, 2.45) is 5.73 Å². The summed E-state index contributed by atoms with van der Waals surface area (Å²) in [7, 11) is 0. The molecule has 2 N–H and O–H groups in total. The van der Waals surface area contributed by atoms with Gasteiger partial charge in [-0.3, -0.25) is 0 Å². The van der Waals surface area contributed by atoms with Crippen LogP contribution in [0.3, 0.4) is 0 Å². The summed E-state index contributed by atoms with van der Waals surface area (Å²) in [5, 5.41) is 9.39. The fourth-order valence-electron chi connectivity index (χ4n) is 2.62. The fourth-order valence-corrected chi connectivity index (χ4v) is 2.62. The molecule has 0 radical (unpaired) electrons. The Balaban J connectivity index is 1.99. The van der Waals surface area contributed by atoms with Gasteiger partial charge in [-0.05, 0) is 13.0 Å². The molecule has 2 heterocycles. The summed E-state index contributed by atoms with van der Waals surface area (Å²) in [5.74, 6) is 0. The normalized spacial score (nSPS) is 23.8. The molecule has 1 fully saturated rings. The van der Waals surface area contributed by atoms with Gasteiger partial charge in [-0.2, -0.15) is 10.2 Å². The van der Waals surface area contributed by atoms with E-state index in [1.165, 1.54) is 0 Å². The maximum atomic E-state index is 5.80. The van der Waals surface area contributed by atoms with Crippen molar-refractivity contribution in [3.8, 4) is 0 Å². The number of fused-ring (bicyclic) bond motifs is 1. The SMILES string of the molecule is CC1CN(c2cnnc3ccccc23)CC(CN)O1. The van der Waals surface area contributed by atoms with Gasteiger partial charge in [0.25, 0.3) is 0 Å². The summed E-state index contributed by atoms with van der Waals surface area (Å²) >= 11 is 0. The highest BCUT2D eigenvalue weighted by atomic mass is 16.5. The lowest BCUT2D eigenvalue weighted by Crippen LogP contribution is -2.49. The molecule has 0 aliphatic carbocycles. The first-order valence-electron chi connectivity index (χ1n) is 6.59. The molecule has 0 amide bonds. The van der Waals surface area contributed by atoms with Gasteiger partial charge in [0.1, 0.15) is 0 Å². The minimum absolute atomic E-state index is 0.0793. The monoisotopic (exact) mass is 258 g/mol. The molecule has 0 bridgehead atoms. The van der Waals surface area contributed by atoms with E-state index >= 15 is 0 Å². The molecule has 0 saturated carbocycles. The second-order valence-electron chi connectivity index (χ2n) is 4.96. The number of nitrogens with zero attached hydrogens (tertiary/aromatic N) is 3. The lowest BCUT2D eigenvalue weighted by molar-refractivity contribution is -0.0104. The minimum atomic E-state index is 0.0793. The van der Waals surface area contributed by atoms with Crippen LogP contribution in [-0.4, -0.2) is 42.0 Å². The van der Waals surface area contributed by atoms with E-state index in [1.807, 2.05) is 24.4 Å². The maximum absolute atomic E-state index is 5.80. The number of benzene rings is 1. The molecular weight excluding hydrogens is 240 g/mol. The van der Waals surface area contributed by atoms with Crippen molar-refractivity contribution in [2.75, 3.05) is 24.5 Å². The Morgan fingerprint density at radius 3 is 3.05 bits per heavy atom. The van der Waals surface area contributed by atoms with Crippen LogP contribution in [0.4, 0.5) is 5.69 Å². The highest BCUT2D eigenvalue weighted by Crippen LogP contribution is 2.26. The second kappa shape index (κ2) is 5.11. The molecule has 0 spiro atoms. The predicted octanol–water partition coefficient (Wildman–Crippen LogP) is 1.18. The van der Waals surface area contributed by atoms with Crippen molar-refractivity contribution in [1.29, 1.82) is 0 Å². The van der Waals surface area contributed by atoms with Crippen LogP contribution < -0.4 is 10.6 Å². The first kappa shape index (κ1) is 12.3. The van der Waals surface area contributed by atoms with Crippen molar-refractivity contribution >= 4 is 16.6 Å². The van der Waals surface area contributed by atoms with E-state index in [-0.39, 0.29) is 12.2 Å². The number of morpholine rings is 1. The summed E-state index contributed by atoms with van der Waals surface area (Å²) in [6, 6.07) is 8.07. The Kier molecular flexibility index (Phi) is 3.31. The fraction of sp³-hybridized carbons (Fsp3) is 0.429. The third kappa shape index (κ3) is 2.39. The zero-order valence-corrected chi connectivity index (χ0v) is 11.0. The number of aromatic nitrogens is 2. The van der Waals surface area contributed by atoms with E-state index in [9.17, 15) is 0 Å². The average Bonchev–Trinajstić information content (AvgIpc) is 2.46. The first-order valence-corrected chi connectivity index (χ1v) is 6.59. The van der Waals surface area contributed by atoms with Gasteiger partial charge >= 0.3 is 0 Å². The third-order valence-corrected chi connectivity index (χ3v) is 3.46. The van der Waals surface area contributed by atoms with Gasteiger partial charge < -0.3 is 15.4 Å². The molecule has 1 saturated heterocycles. The summed E-state index contributed by atoms with van der Waals surface area (Å²) in [6.45, 7) is 4.27. The summed E-state index contributed by atoms with van der Waals surface area (Å²) in [5.41, 5.74) is 7.77. The van der Waals surface area contributed by atoms with E-state index in [2.05, 4.69) is 28.1 Å². The Hall–Kier alpha value is -1.72. The standard InChI is InChI=1S/C14H18N4O/c1-10-8-18(9-11(6-15)19-10)14-7-16-17-13-5-3-2-4-12(13)14/h2-5,7,10-11H,6,8-9,15H2,1H3. The molecule has 2 aromatic rings. The Morgan fingerprint density at radius 2 is 2.21 bits per heavy atom. The quantitative estimate of drug-likeness (QED) is 0.876. The van der Waals surface area contributed by atoms with Gasteiger partial charge in [-0.25, -0.2) is 0 Å². The molecule has 2 unspecified atom stereocenters. The average molecular weight is 258 g/mol. The topological polar surface area (TPSA) is 64.3 Å². The Labute approximate surface area is 112 Å². The molecule has 5 heteroatoms. The Bertz CT molecular complexity index is 569. The van der Waals surface area contributed by atoms with Crippen LogP contribution in [0.1, 0.15) is 6.92 Å². The number of hydrogen-bond acceptors (Lipinski definition) is 5. The van der Waals surface area contributed by atoms with Crippen LogP contribution in [0.2, 0.25) is 0 Å². The number of ether oxygens (including phenoxy) is 1. The van der Waals surface area contributed by atoms with E-state index in [0.29, 0.717) is 6.54 Å². The van der Waals surface area contributed by atoms with Gasteiger partial charge in [-0.1, -0.05) is 18.2 Å². The van der Waals surface area contributed by atoms with Crippen molar-refractivity contribution in [2.45, 2.75) is 19.1 Å². The first-order chi connectivity index (χ1) is 9.28. The predicted molar refractivity (Wildman–Crippen MR) is 75.1 cm³/mol. The van der Waals surface area contributed by atoms with Crippen molar-refractivity contribution in [1.82, 2.24) is 10.2 Å². The largest absolute Gasteiger partial charge is 0.370 e. The highest BCUT2D eigenvalue weighted by Gasteiger charge is 2.25. The molecule has 19 heavy (non-hydrogen) atoms. The summed E-state index contributed by atoms with van der Waals surface area (Å²) in [4.78, 5) is 2.29. The van der Waals surface area contributed by atoms with Crippen LogP contribution in [0.25, 0.3) is 10.9 Å². The van der Waals surface area contributed by atoms with Gasteiger partial charge in [0, 0.05) is 25.0 Å². The van der Waals surface area contributed by atoms with Crippen LogP contribution in [0.15, 0.2) is 30.5 Å². The zero-order chi connectivity index (χ0) is 13.2. The molecule has 5 nitrogen and oxygen atoms in total. The van der Waals surface area contributed by atoms with Crippen LogP contribution in [0, 0.1) is 0 Å². The third-order valence-electron chi connectivity index (χ3n) is 3.46. The van der Waals surface area contributed by atoms with Gasteiger partial charge in [0.05, 0.1) is 29.6 Å². The van der Waals surface area contributed by atoms with E-state index in [0.717, 1.165) is 29.7 Å². The molecule has 2 atom stereocenters. The number of rotatable bonds is 2. The van der Waals surface area contributed by atoms with Gasteiger partial charge in [-0.15, -0.1) is 0 Å². The molecule has 1 aromatic heterocycles.